The van der Waals surface area contributed by atoms with Crippen LogP contribution in [0.1, 0.15) is 80.8 Å². The fourth-order valence-corrected chi connectivity index (χ4v) is 4.92. The molecule has 0 saturated carbocycles. The first-order chi connectivity index (χ1) is 20.4. The molecule has 0 saturated heterocycles. The molecule has 2 nitrogen and oxygen atoms in total. The molecule has 0 amide bonds. The van der Waals surface area contributed by atoms with Gasteiger partial charge >= 0.3 is 41.7 Å². The standard InChI is InChI=1S/C30H31F15O2/c1-13-9-15(20(46)17(11-13)22(3,4)5)19(16-10-14(2)12-18(21(16)47)23(6,7)8)24(31,32)25(33,34)26(35,36)27(37,38)28(39,40)29(41,42)30(43,44)45/h9-12,19,46-47H,1-8H3. The molecule has 2 aromatic rings. The van der Waals surface area contributed by atoms with Gasteiger partial charge in [0.05, 0.1) is 5.92 Å². The van der Waals surface area contributed by atoms with E-state index in [0.717, 1.165) is 26.0 Å². The van der Waals surface area contributed by atoms with E-state index >= 15 is 17.6 Å². The lowest BCUT2D eigenvalue weighted by Gasteiger charge is -2.43. The van der Waals surface area contributed by atoms with Gasteiger partial charge in [-0.15, -0.1) is 0 Å². The van der Waals surface area contributed by atoms with Crippen LogP contribution in [0.3, 0.4) is 0 Å². The van der Waals surface area contributed by atoms with Gasteiger partial charge in [0.1, 0.15) is 11.5 Å². The van der Waals surface area contributed by atoms with Crippen LogP contribution in [0.15, 0.2) is 24.3 Å². The van der Waals surface area contributed by atoms with Gasteiger partial charge in [0, 0.05) is 11.1 Å². The van der Waals surface area contributed by atoms with Gasteiger partial charge in [-0.25, -0.2) is 0 Å². The number of hydrogen-bond acceptors (Lipinski definition) is 2. The lowest BCUT2D eigenvalue weighted by molar-refractivity contribution is -0.453. The van der Waals surface area contributed by atoms with Crippen LogP contribution in [0.5, 0.6) is 11.5 Å². The molecule has 0 atom stereocenters. The highest BCUT2D eigenvalue weighted by Gasteiger charge is 2.93. The summed E-state index contributed by atoms with van der Waals surface area (Å²) in [5.74, 6) is -54.6. The molecule has 0 unspecified atom stereocenters. The van der Waals surface area contributed by atoms with E-state index in [1.165, 1.54) is 41.5 Å². The zero-order valence-corrected chi connectivity index (χ0v) is 26.0. The molecule has 0 aliphatic heterocycles. The number of benzene rings is 2. The third kappa shape index (κ3) is 6.08. The zero-order valence-electron chi connectivity index (χ0n) is 26.0. The summed E-state index contributed by atoms with van der Waals surface area (Å²) in [7, 11) is 0. The SMILES string of the molecule is Cc1cc(C(c2cc(C)cc(C(C)(C)C)c2O)C(F)(F)C(F)(F)C(F)(F)C(F)(F)C(F)(F)C(F)(F)C(F)(F)F)c(O)c(C(C)(C)C)c1. The zero-order chi connectivity index (χ0) is 37.5. The normalized spacial score (nSPS) is 15.1. The van der Waals surface area contributed by atoms with Crippen LogP contribution in [0, 0.1) is 13.8 Å². The summed E-state index contributed by atoms with van der Waals surface area (Å²) >= 11 is 0. The van der Waals surface area contributed by atoms with Crippen molar-refractivity contribution in [1.29, 1.82) is 0 Å². The molecule has 47 heavy (non-hydrogen) atoms. The predicted molar refractivity (Wildman–Crippen MR) is 141 cm³/mol. The second-order valence-electron chi connectivity index (χ2n) is 13.4. The molecule has 0 aromatic heterocycles. The van der Waals surface area contributed by atoms with Gasteiger partial charge in [-0.2, -0.15) is 65.9 Å². The molecule has 0 aliphatic rings. The topological polar surface area (TPSA) is 40.5 Å². The van der Waals surface area contributed by atoms with Gasteiger partial charge in [0.25, 0.3) is 0 Å². The van der Waals surface area contributed by atoms with E-state index in [2.05, 4.69) is 0 Å². The van der Waals surface area contributed by atoms with Crippen LogP contribution in [0.2, 0.25) is 0 Å². The quantitative estimate of drug-likeness (QED) is 0.268. The molecule has 0 bridgehead atoms. The minimum absolute atomic E-state index is 0.136. The molecular formula is C30H31F15O2. The Kier molecular flexibility index (Phi) is 9.64. The van der Waals surface area contributed by atoms with Crippen molar-refractivity contribution in [3.8, 4) is 11.5 Å². The third-order valence-corrected chi connectivity index (χ3v) is 7.52. The average Bonchev–Trinajstić information content (AvgIpc) is 2.85. The number of aromatic hydroxyl groups is 2. The van der Waals surface area contributed by atoms with Crippen molar-refractivity contribution < 1.29 is 76.1 Å². The number of halogens is 15. The Morgan fingerprint density at radius 2 is 0.723 bits per heavy atom. The average molecular weight is 709 g/mol. The Hall–Kier alpha value is -3.01. The van der Waals surface area contributed by atoms with E-state index in [4.69, 9.17) is 0 Å². The van der Waals surface area contributed by atoms with Crippen LogP contribution in [-0.4, -0.2) is 51.9 Å². The molecule has 2 N–H and O–H groups in total. The number of phenolic OH excluding ortho intramolecular Hbond substituents is 2. The van der Waals surface area contributed by atoms with Crippen molar-refractivity contribution in [2.24, 2.45) is 0 Å². The second-order valence-corrected chi connectivity index (χ2v) is 13.4. The predicted octanol–water partition coefficient (Wildman–Crippen LogP) is 10.8. The number of hydrogen-bond donors (Lipinski definition) is 2. The second kappa shape index (κ2) is 11.3. The van der Waals surface area contributed by atoms with Crippen molar-refractivity contribution in [3.63, 3.8) is 0 Å². The maximum atomic E-state index is 16.2. The molecule has 0 heterocycles. The number of rotatable bonds is 8. The van der Waals surface area contributed by atoms with E-state index in [9.17, 15) is 58.5 Å². The highest BCUT2D eigenvalue weighted by Crippen LogP contribution is 2.65. The van der Waals surface area contributed by atoms with Gasteiger partial charge in [-0.3, -0.25) is 0 Å². The maximum absolute atomic E-state index is 16.2. The van der Waals surface area contributed by atoms with Crippen LogP contribution < -0.4 is 0 Å². The van der Waals surface area contributed by atoms with Crippen molar-refractivity contribution in [2.45, 2.75) is 114 Å². The summed E-state index contributed by atoms with van der Waals surface area (Å²) in [6, 6.07) is 3.32. The smallest absolute Gasteiger partial charge is 0.460 e. The summed E-state index contributed by atoms with van der Waals surface area (Å²) < 4.78 is 215. The van der Waals surface area contributed by atoms with Crippen molar-refractivity contribution in [2.75, 3.05) is 0 Å². The maximum Gasteiger partial charge on any atom is 0.460 e. The minimum atomic E-state index is -8.49. The highest BCUT2D eigenvalue weighted by atomic mass is 19.4. The third-order valence-electron chi connectivity index (χ3n) is 7.52. The Bertz CT molecular complexity index is 1430. The number of phenols is 2. The monoisotopic (exact) mass is 708 g/mol. The summed E-state index contributed by atoms with van der Waals surface area (Å²) in [6.45, 7) is 10.5. The first-order valence-corrected chi connectivity index (χ1v) is 13.5. The summed E-state index contributed by atoms with van der Waals surface area (Å²) in [5, 5.41) is 22.1. The van der Waals surface area contributed by atoms with E-state index in [1.54, 1.807) is 0 Å². The molecule has 17 heteroatoms. The first kappa shape index (κ1) is 40.2. The molecule has 0 spiro atoms. The molecule has 2 aromatic carbocycles. The molecule has 0 aliphatic carbocycles. The van der Waals surface area contributed by atoms with Gasteiger partial charge in [0.15, 0.2) is 0 Å². The Morgan fingerprint density at radius 3 is 1.00 bits per heavy atom. The Morgan fingerprint density at radius 1 is 0.447 bits per heavy atom. The van der Waals surface area contributed by atoms with Crippen LogP contribution in [0.4, 0.5) is 65.9 Å². The van der Waals surface area contributed by atoms with Crippen LogP contribution in [0.25, 0.3) is 0 Å². The van der Waals surface area contributed by atoms with Crippen molar-refractivity contribution >= 4 is 0 Å². The van der Waals surface area contributed by atoms with E-state index in [-0.39, 0.29) is 22.3 Å². The van der Waals surface area contributed by atoms with Gasteiger partial charge in [-0.1, -0.05) is 76.9 Å². The van der Waals surface area contributed by atoms with E-state index in [0.29, 0.717) is 12.1 Å². The van der Waals surface area contributed by atoms with Gasteiger partial charge in [0.2, 0.25) is 0 Å². The summed E-state index contributed by atoms with van der Waals surface area (Å²) in [5.41, 5.74) is -6.21. The fraction of sp³-hybridized carbons (Fsp3) is 0.600. The molecule has 2 rings (SSSR count). The van der Waals surface area contributed by atoms with Gasteiger partial charge < -0.3 is 10.2 Å². The summed E-state index contributed by atoms with van der Waals surface area (Å²) in [6.07, 6.45) is -7.73. The minimum Gasteiger partial charge on any atom is -0.507 e. The van der Waals surface area contributed by atoms with Crippen molar-refractivity contribution in [1.82, 2.24) is 0 Å². The summed E-state index contributed by atoms with van der Waals surface area (Å²) in [4.78, 5) is 0. The van der Waals surface area contributed by atoms with Gasteiger partial charge in [-0.05, 0) is 35.8 Å². The molecule has 0 radical (unpaired) electrons. The van der Waals surface area contributed by atoms with Crippen molar-refractivity contribution in [3.05, 3.63) is 57.6 Å². The van der Waals surface area contributed by atoms with E-state index in [1.807, 2.05) is 0 Å². The first-order valence-electron chi connectivity index (χ1n) is 13.5. The van der Waals surface area contributed by atoms with E-state index < -0.39 is 81.1 Å². The lowest BCUT2D eigenvalue weighted by atomic mass is 9.74. The Labute approximate surface area is 259 Å². The molecular weight excluding hydrogens is 677 g/mol. The molecule has 268 valence electrons. The fourth-order valence-electron chi connectivity index (χ4n) is 4.92. The lowest BCUT2D eigenvalue weighted by Crippen LogP contribution is -2.73. The number of aryl methyl sites for hydroxylation is 2. The van der Waals surface area contributed by atoms with Crippen LogP contribution >= 0.6 is 0 Å². The highest BCUT2D eigenvalue weighted by molar-refractivity contribution is 5.57. The van der Waals surface area contributed by atoms with Crippen LogP contribution in [-0.2, 0) is 10.8 Å². The largest absolute Gasteiger partial charge is 0.507 e. The molecule has 0 fully saturated rings. The Balaban J connectivity index is 3.18. The number of alkyl halides is 15.